The molecule has 2 aliphatic rings. The van der Waals surface area contributed by atoms with Crippen molar-refractivity contribution in [2.45, 2.75) is 37.3 Å². The van der Waals surface area contributed by atoms with Crippen LogP contribution in [0.15, 0.2) is 22.6 Å². The number of aliphatic hydroxyl groups excluding tert-OH is 1. The van der Waals surface area contributed by atoms with Crippen LogP contribution in [0.1, 0.15) is 11.5 Å². The number of imidazole rings is 1. The Morgan fingerprint density at radius 3 is 2.83 bits per heavy atom. The van der Waals surface area contributed by atoms with Crippen molar-refractivity contribution < 1.29 is 23.7 Å². The van der Waals surface area contributed by atoms with Crippen molar-refractivity contribution in [3.8, 4) is 6.01 Å². The number of rotatable bonds is 6. The lowest BCUT2D eigenvalue weighted by molar-refractivity contribution is 0.00706. The maximum atomic E-state index is 9.86. The van der Waals surface area contributed by atoms with Crippen LogP contribution in [0.2, 0.25) is 5.02 Å². The third-order valence-electron chi connectivity index (χ3n) is 5.42. The van der Waals surface area contributed by atoms with Crippen LogP contribution in [0.25, 0.3) is 11.2 Å². The molecule has 5 rings (SSSR count). The monoisotopic (exact) mass is 434 g/mol. The molecular weight excluding hydrogens is 412 g/mol. The van der Waals surface area contributed by atoms with E-state index in [0.717, 1.165) is 17.3 Å². The summed E-state index contributed by atoms with van der Waals surface area (Å²) in [6.07, 6.45) is -0.307. The molecule has 3 aromatic heterocycles. The fourth-order valence-corrected chi connectivity index (χ4v) is 4.08. The van der Waals surface area contributed by atoms with Crippen molar-refractivity contribution in [3.05, 3.63) is 34.7 Å². The van der Waals surface area contributed by atoms with Crippen LogP contribution >= 0.6 is 11.6 Å². The highest BCUT2D eigenvalue weighted by atomic mass is 35.5. The third-order valence-corrected chi connectivity index (χ3v) is 5.75. The first-order valence-corrected chi connectivity index (χ1v) is 10.2. The van der Waals surface area contributed by atoms with E-state index in [1.807, 2.05) is 31.1 Å². The van der Waals surface area contributed by atoms with Gasteiger partial charge in [0.1, 0.15) is 24.1 Å². The molecule has 5 heterocycles. The van der Waals surface area contributed by atoms with Crippen molar-refractivity contribution in [1.29, 1.82) is 0 Å². The Labute approximate surface area is 177 Å². The number of nitrogens with one attached hydrogen (secondary N) is 1. The number of pyridine rings is 1. The molecule has 0 aromatic carbocycles. The summed E-state index contributed by atoms with van der Waals surface area (Å²) in [7, 11) is 3.87. The summed E-state index contributed by atoms with van der Waals surface area (Å²) in [5.41, 5.74) is 1.96. The number of ether oxygens (including phenoxy) is 3. The van der Waals surface area contributed by atoms with Crippen LogP contribution in [-0.4, -0.2) is 71.8 Å². The number of aromatic amines is 1. The minimum Gasteiger partial charge on any atom is -0.456 e. The summed E-state index contributed by atoms with van der Waals surface area (Å²) in [5, 5.41) is 10.4. The van der Waals surface area contributed by atoms with Crippen molar-refractivity contribution >= 4 is 28.6 Å². The molecule has 0 saturated carbocycles. The lowest BCUT2D eigenvalue weighted by atomic mass is 10.1. The van der Waals surface area contributed by atoms with Gasteiger partial charge in [-0.1, -0.05) is 11.6 Å². The molecule has 0 spiro atoms. The highest BCUT2D eigenvalue weighted by Gasteiger charge is 2.48. The first-order chi connectivity index (χ1) is 14.5. The number of halogens is 1. The Kier molecular flexibility index (Phi) is 5.06. The predicted molar refractivity (Wildman–Crippen MR) is 109 cm³/mol. The zero-order valence-corrected chi connectivity index (χ0v) is 17.4. The number of hydrogen-bond donors (Lipinski definition) is 2. The Balaban J connectivity index is 1.29. The molecule has 0 unspecified atom stereocenters. The quantitative estimate of drug-likeness (QED) is 0.606. The zero-order valence-electron chi connectivity index (χ0n) is 16.7. The van der Waals surface area contributed by atoms with Crippen molar-refractivity contribution in [2.24, 2.45) is 0 Å². The topological polar surface area (TPSA) is 106 Å². The van der Waals surface area contributed by atoms with Crippen LogP contribution in [0.3, 0.4) is 0 Å². The van der Waals surface area contributed by atoms with Crippen LogP contribution in [0, 0.1) is 0 Å². The van der Waals surface area contributed by atoms with Crippen molar-refractivity contribution in [2.75, 3.05) is 32.2 Å². The predicted octanol–water partition coefficient (Wildman–Crippen LogP) is 1.96. The molecule has 2 N–H and O–H groups in total. The van der Waals surface area contributed by atoms with Crippen LogP contribution in [0.5, 0.6) is 6.01 Å². The number of anilines is 1. The summed E-state index contributed by atoms with van der Waals surface area (Å²) in [4.78, 5) is 14.0. The highest BCUT2D eigenvalue weighted by Crippen LogP contribution is 2.30. The van der Waals surface area contributed by atoms with Gasteiger partial charge in [-0.3, -0.25) is 0 Å². The smallest absolute Gasteiger partial charge is 0.296 e. The lowest BCUT2D eigenvalue weighted by Crippen LogP contribution is -2.34. The maximum absolute atomic E-state index is 9.86. The Morgan fingerprint density at radius 2 is 2.03 bits per heavy atom. The fourth-order valence-electron chi connectivity index (χ4n) is 3.84. The molecule has 3 aromatic rings. The van der Waals surface area contributed by atoms with Crippen LogP contribution in [0.4, 0.5) is 5.88 Å². The van der Waals surface area contributed by atoms with E-state index in [1.165, 1.54) is 0 Å². The van der Waals surface area contributed by atoms with E-state index in [9.17, 15) is 5.11 Å². The van der Waals surface area contributed by atoms with Gasteiger partial charge in [-0.05, 0) is 18.6 Å². The minimum atomic E-state index is -0.620. The average molecular weight is 435 g/mol. The Morgan fingerprint density at radius 1 is 1.20 bits per heavy atom. The summed E-state index contributed by atoms with van der Waals surface area (Å²) in [5.74, 6) is 1.68. The molecule has 2 fully saturated rings. The second kappa shape index (κ2) is 7.73. The number of nitrogens with zero attached hydrogens (tertiary/aromatic N) is 3. The second-order valence-electron chi connectivity index (χ2n) is 7.78. The number of hydrogen-bond acceptors (Lipinski definition) is 8. The zero-order chi connectivity index (χ0) is 20.8. The van der Waals surface area contributed by atoms with Gasteiger partial charge in [-0.25, -0.2) is 4.98 Å². The molecule has 0 amide bonds. The van der Waals surface area contributed by atoms with Gasteiger partial charge in [-0.2, -0.15) is 4.98 Å². The largest absolute Gasteiger partial charge is 0.456 e. The molecule has 0 radical (unpaired) electrons. The summed E-state index contributed by atoms with van der Waals surface area (Å²) in [6, 6.07) is 6.03. The van der Waals surface area contributed by atoms with Gasteiger partial charge in [0.2, 0.25) is 0 Å². The second-order valence-corrected chi connectivity index (χ2v) is 8.19. The molecule has 160 valence electrons. The highest BCUT2D eigenvalue weighted by molar-refractivity contribution is 6.31. The molecule has 30 heavy (non-hydrogen) atoms. The van der Waals surface area contributed by atoms with Gasteiger partial charge in [0.25, 0.3) is 6.01 Å². The normalized spacial score (nSPS) is 25.7. The van der Waals surface area contributed by atoms with Gasteiger partial charge in [0.05, 0.1) is 29.4 Å². The van der Waals surface area contributed by atoms with E-state index in [2.05, 4.69) is 15.0 Å². The van der Waals surface area contributed by atoms with E-state index in [0.29, 0.717) is 41.6 Å². The number of aryl methyl sites for hydroxylation is 2. The first kappa shape index (κ1) is 19.6. The van der Waals surface area contributed by atoms with E-state index >= 15 is 0 Å². The van der Waals surface area contributed by atoms with Gasteiger partial charge in [0, 0.05) is 26.6 Å². The molecule has 10 heteroatoms. The van der Waals surface area contributed by atoms with E-state index in [1.54, 1.807) is 6.07 Å². The van der Waals surface area contributed by atoms with Crippen molar-refractivity contribution in [3.63, 3.8) is 0 Å². The molecule has 9 nitrogen and oxygen atoms in total. The van der Waals surface area contributed by atoms with Gasteiger partial charge in [0.15, 0.2) is 17.6 Å². The standard InChI is InChI=1S/C20H23ClN4O5/c1-25(2)16-6-4-10(29-16)3-5-12-11(21)7-13-19(22-12)24-20(23-13)30-15-9-28-17-14(26)8-27-18(15)17/h4,6-7,14-15,17-18,26H,3,5,8-9H2,1-2H3,(H,22,23,24)/t14-,15-,17-,18-/m1/s1. The molecule has 0 aliphatic carbocycles. The number of aromatic nitrogens is 3. The van der Waals surface area contributed by atoms with E-state index in [4.69, 9.17) is 30.2 Å². The Bertz CT molecular complexity index is 1050. The van der Waals surface area contributed by atoms with Crippen LogP contribution in [-0.2, 0) is 22.3 Å². The molecule has 2 aliphatic heterocycles. The molecule has 2 saturated heterocycles. The maximum Gasteiger partial charge on any atom is 0.296 e. The Hall–Kier alpha value is -2.33. The number of furan rings is 1. The van der Waals surface area contributed by atoms with Crippen molar-refractivity contribution in [1.82, 2.24) is 15.0 Å². The number of aliphatic hydroxyl groups is 1. The summed E-state index contributed by atoms with van der Waals surface area (Å²) >= 11 is 6.44. The number of fused-ring (bicyclic) bond motifs is 2. The lowest BCUT2D eigenvalue weighted by Gasteiger charge is -2.15. The van der Waals surface area contributed by atoms with Gasteiger partial charge in [-0.15, -0.1) is 0 Å². The molecule has 4 atom stereocenters. The molecular formula is C20H23ClN4O5. The van der Waals surface area contributed by atoms with Gasteiger partial charge >= 0.3 is 0 Å². The first-order valence-electron chi connectivity index (χ1n) is 9.87. The van der Waals surface area contributed by atoms with E-state index in [-0.39, 0.29) is 24.9 Å². The molecule has 0 bridgehead atoms. The summed E-state index contributed by atoms with van der Waals surface area (Å²) in [6.45, 7) is 0.586. The average Bonchev–Trinajstić information content (AvgIpc) is 3.47. The SMILES string of the molecule is CN(C)c1ccc(CCc2nc3nc(O[C@@H]4CO[C@H]5[C@@H]4OC[C@H]5O)[nH]c3cc2Cl)o1. The third kappa shape index (κ3) is 3.62. The van der Waals surface area contributed by atoms with Gasteiger partial charge < -0.3 is 33.6 Å². The number of H-pyrrole nitrogens is 1. The minimum absolute atomic E-state index is 0.252. The fraction of sp³-hybridized carbons (Fsp3) is 0.500. The van der Waals surface area contributed by atoms with E-state index < -0.39 is 6.10 Å². The summed E-state index contributed by atoms with van der Waals surface area (Å²) < 4.78 is 22.9. The van der Waals surface area contributed by atoms with Crippen LogP contribution < -0.4 is 9.64 Å².